The summed E-state index contributed by atoms with van der Waals surface area (Å²) in [7, 11) is 1.36. The summed E-state index contributed by atoms with van der Waals surface area (Å²) in [5.41, 5.74) is 1.61. The van der Waals surface area contributed by atoms with Crippen molar-refractivity contribution in [3.63, 3.8) is 0 Å². The summed E-state index contributed by atoms with van der Waals surface area (Å²) in [6.45, 7) is 0. The van der Waals surface area contributed by atoms with Crippen molar-refractivity contribution in [2.75, 3.05) is 7.11 Å². The number of fused-ring (bicyclic) bond motifs is 1. The fourth-order valence-corrected chi connectivity index (χ4v) is 2.52. The summed E-state index contributed by atoms with van der Waals surface area (Å²) in [6.07, 6.45) is 1.78. The highest BCUT2D eigenvalue weighted by Gasteiger charge is 2.24. The van der Waals surface area contributed by atoms with Crippen molar-refractivity contribution in [2.24, 2.45) is 0 Å². The molecule has 0 saturated carbocycles. The number of hydrogen-bond donors (Lipinski definition) is 0. The highest BCUT2D eigenvalue weighted by Crippen LogP contribution is 2.26. The Balaban J connectivity index is 2.17. The topological polar surface area (TPSA) is 31.2 Å². The van der Waals surface area contributed by atoms with E-state index in [2.05, 4.69) is 0 Å². The van der Waals surface area contributed by atoms with Crippen LogP contribution >= 0.6 is 0 Å². The summed E-state index contributed by atoms with van der Waals surface area (Å²) in [6, 6.07) is 15.1. The van der Waals surface area contributed by atoms with Gasteiger partial charge in [-0.1, -0.05) is 30.3 Å². The molecule has 0 saturated heterocycles. The van der Waals surface area contributed by atoms with E-state index in [-0.39, 0.29) is 11.8 Å². The van der Waals surface area contributed by atoms with Crippen LogP contribution in [-0.2, 0) is 9.53 Å². The largest absolute Gasteiger partial charge is 0.467 e. The van der Waals surface area contributed by atoms with E-state index in [1.165, 1.54) is 19.2 Å². The molecule has 4 heteroatoms. The van der Waals surface area contributed by atoms with Crippen molar-refractivity contribution in [3.05, 3.63) is 72.2 Å². The molecule has 1 heterocycles. The molecule has 106 valence electrons. The van der Waals surface area contributed by atoms with Crippen LogP contribution in [-0.4, -0.2) is 17.6 Å². The number of carbonyl (C=O) groups is 1. The minimum absolute atomic E-state index is 0.297. The highest BCUT2D eigenvalue weighted by atomic mass is 19.1. The number of esters is 1. The summed E-state index contributed by atoms with van der Waals surface area (Å²) in [5.74, 6) is -0.655. The van der Waals surface area contributed by atoms with Crippen LogP contribution in [0.2, 0.25) is 0 Å². The van der Waals surface area contributed by atoms with E-state index in [0.29, 0.717) is 0 Å². The Labute approximate surface area is 121 Å². The van der Waals surface area contributed by atoms with Crippen LogP contribution in [0, 0.1) is 5.82 Å². The number of halogens is 1. The number of hydrogen-bond acceptors (Lipinski definition) is 2. The Morgan fingerprint density at radius 2 is 1.90 bits per heavy atom. The zero-order valence-electron chi connectivity index (χ0n) is 11.5. The van der Waals surface area contributed by atoms with Gasteiger partial charge in [0.15, 0.2) is 6.04 Å². The van der Waals surface area contributed by atoms with Crippen LogP contribution in [0.4, 0.5) is 4.39 Å². The molecule has 3 aromatic rings. The number of benzene rings is 2. The molecule has 0 spiro atoms. The molecule has 21 heavy (non-hydrogen) atoms. The number of aromatic nitrogens is 1. The zero-order chi connectivity index (χ0) is 14.8. The second-order valence-electron chi connectivity index (χ2n) is 4.76. The second kappa shape index (κ2) is 5.40. The molecule has 0 bridgehead atoms. The first kappa shape index (κ1) is 13.4. The molecule has 0 fully saturated rings. The molecule has 0 amide bonds. The number of carbonyl (C=O) groups excluding carboxylic acids is 1. The van der Waals surface area contributed by atoms with Crippen LogP contribution in [0.25, 0.3) is 10.9 Å². The maximum Gasteiger partial charge on any atom is 0.333 e. The van der Waals surface area contributed by atoms with Gasteiger partial charge in [-0.25, -0.2) is 9.18 Å². The summed E-state index contributed by atoms with van der Waals surface area (Å²) < 4.78 is 20.0. The number of methoxy groups -OCH3 is 1. The van der Waals surface area contributed by atoms with Crippen molar-refractivity contribution in [3.8, 4) is 0 Å². The van der Waals surface area contributed by atoms with Gasteiger partial charge in [0.2, 0.25) is 0 Å². The summed E-state index contributed by atoms with van der Waals surface area (Å²) >= 11 is 0. The van der Waals surface area contributed by atoms with Gasteiger partial charge in [0, 0.05) is 17.1 Å². The van der Waals surface area contributed by atoms with E-state index in [1.54, 1.807) is 22.9 Å². The van der Waals surface area contributed by atoms with Gasteiger partial charge in [-0.3, -0.25) is 0 Å². The van der Waals surface area contributed by atoms with Gasteiger partial charge >= 0.3 is 5.97 Å². The molecular weight excluding hydrogens is 269 g/mol. The molecular formula is C17H14FNO2. The quantitative estimate of drug-likeness (QED) is 0.688. The Morgan fingerprint density at radius 1 is 1.14 bits per heavy atom. The summed E-state index contributed by atoms with van der Waals surface area (Å²) in [5, 5.41) is 0.750. The van der Waals surface area contributed by atoms with E-state index >= 15 is 0 Å². The van der Waals surface area contributed by atoms with Gasteiger partial charge in [0.1, 0.15) is 5.82 Å². The van der Waals surface area contributed by atoms with Crippen LogP contribution in [0.5, 0.6) is 0 Å². The van der Waals surface area contributed by atoms with Crippen LogP contribution in [0.3, 0.4) is 0 Å². The summed E-state index contributed by atoms with van der Waals surface area (Å²) in [4.78, 5) is 12.2. The maximum atomic E-state index is 13.3. The van der Waals surface area contributed by atoms with Gasteiger partial charge in [0.25, 0.3) is 0 Å². The first-order chi connectivity index (χ1) is 10.2. The standard InChI is InChI=1S/C17H14FNO2/c1-21-17(20)16(12-5-3-2-4-6-12)19-10-9-13-11-14(18)7-8-15(13)19/h2-11,16H,1H3. The molecule has 0 N–H and O–H groups in total. The van der Waals surface area contributed by atoms with E-state index < -0.39 is 6.04 Å². The van der Waals surface area contributed by atoms with Crippen molar-refractivity contribution >= 4 is 16.9 Å². The first-order valence-corrected chi connectivity index (χ1v) is 6.59. The van der Waals surface area contributed by atoms with Crippen molar-refractivity contribution in [1.29, 1.82) is 0 Å². The van der Waals surface area contributed by atoms with E-state index in [4.69, 9.17) is 4.74 Å². The lowest BCUT2D eigenvalue weighted by Gasteiger charge is -2.18. The van der Waals surface area contributed by atoms with Gasteiger partial charge in [-0.15, -0.1) is 0 Å². The molecule has 1 unspecified atom stereocenters. The SMILES string of the molecule is COC(=O)C(c1ccccc1)n1ccc2cc(F)ccc21. The van der Waals surface area contributed by atoms with Crippen LogP contribution in [0.1, 0.15) is 11.6 Å². The maximum absolute atomic E-state index is 13.3. The Bertz CT molecular complexity index is 780. The molecule has 0 radical (unpaired) electrons. The molecule has 0 aliphatic heterocycles. The van der Waals surface area contributed by atoms with Crippen molar-refractivity contribution in [1.82, 2.24) is 4.57 Å². The Kier molecular flexibility index (Phi) is 3.44. The van der Waals surface area contributed by atoms with Crippen molar-refractivity contribution < 1.29 is 13.9 Å². The van der Waals surface area contributed by atoms with Crippen LogP contribution in [0.15, 0.2) is 60.8 Å². The predicted molar refractivity (Wildman–Crippen MR) is 78.5 cm³/mol. The van der Waals surface area contributed by atoms with Gasteiger partial charge in [0.05, 0.1) is 7.11 Å². The average molecular weight is 283 g/mol. The lowest BCUT2D eigenvalue weighted by atomic mass is 10.1. The van der Waals surface area contributed by atoms with Gasteiger partial charge in [-0.05, 0) is 29.8 Å². The molecule has 1 aromatic heterocycles. The lowest BCUT2D eigenvalue weighted by Crippen LogP contribution is -2.21. The Hall–Kier alpha value is -2.62. The smallest absolute Gasteiger partial charge is 0.333 e. The molecule has 0 aliphatic rings. The van der Waals surface area contributed by atoms with Gasteiger partial charge < -0.3 is 9.30 Å². The first-order valence-electron chi connectivity index (χ1n) is 6.59. The fraction of sp³-hybridized carbons (Fsp3) is 0.118. The third-order valence-electron chi connectivity index (χ3n) is 3.50. The average Bonchev–Trinajstić information content (AvgIpc) is 2.91. The number of rotatable bonds is 3. The third-order valence-corrected chi connectivity index (χ3v) is 3.50. The van der Waals surface area contributed by atoms with Gasteiger partial charge in [-0.2, -0.15) is 0 Å². The predicted octanol–water partition coefficient (Wildman–Crippen LogP) is 3.54. The Morgan fingerprint density at radius 3 is 2.62 bits per heavy atom. The zero-order valence-corrected chi connectivity index (χ0v) is 11.5. The lowest BCUT2D eigenvalue weighted by molar-refractivity contribution is -0.143. The minimum Gasteiger partial charge on any atom is -0.467 e. The highest BCUT2D eigenvalue weighted by molar-refractivity contribution is 5.85. The normalized spacial score (nSPS) is 12.3. The minimum atomic E-state index is -0.584. The molecule has 1 atom stereocenters. The number of nitrogens with zero attached hydrogens (tertiary/aromatic N) is 1. The molecule has 3 nitrogen and oxygen atoms in total. The van der Waals surface area contributed by atoms with Crippen molar-refractivity contribution in [2.45, 2.75) is 6.04 Å². The molecule has 0 aliphatic carbocycles. The molecule has 2 aromatic carbocycles. The monoisotopic (exact) mass is 283 g/mol. The second-order valence-corrected chi connectivity index (χ2v) is 4.76. The molecule has 3 rings (SSSR count). The third kappa shape index (κ3) is 2.40. The van der Waals surface area contributed by atoms with Crippen LogP contribution < -0.4 is 0 Å². The number of ether oxygens (including phenoxy) is 1. The van der Waals surface area contributed by atoms with E-state index in [9.17, 15) is 9.18 Å². The van der Waals surface area contributed by atoms with E-state index in [0.717, 1.165) is 16.5 Å². The fourth-order valence-electron chi connectivity index (χ4n) is 2.52. The van der Waals surface area contributed by atoms with E-state index in [1.807, 2.05) is 30.3 Å².